The molecule has 5 aromatic rings. The van der Waals surface area contributed by atoms with Crippen molar-refractivity contribution in [3.8, 4) is 34.4 Å². The summed E-state index contributed by atoms with van der Waals surface area (Å²) in [7, 11) is 0. The second-order valence-electron chi connectivity index (χ2n) is 15.2. The van der Waals surface area contributed by atoms with Gasteiger partial charge in [0.25, 0.3) is 0 Å². The Morgan fingerprint density at radius 2 is 1.64 bits per heavy atom. The van der Waals surface area contributed by atoms with E-state index in [0.717, 1.165) is 102 Å². The van der Waals surface area contributed by atoms with E-state index in [-0.39, 0.29) is 13.2 Å². The number of hydrogen-bond donors (Lipinski definition) is 1. The minimum atomic E-state index is -0.831. The van der Waals surface area contributed by atoms with Crippen LogP contribution in [0.1, 0.15) is 59.1 Å². The molecule has 0 bridgehead atoms. The van der Waals surface area contributed by atoms with Crippen molar-refractivity contribution in [1.82, 2.24) is 19.8 Å². The Kier molecular flexibility index (Phi) is 14.0. The lowest BCUT2D eigenvalue weighted by Gasteiger charge is -2.35. The third kappa shape index (κ3) is 10.5. The van der Waals surface area contributed by atoms with Crippen molar-refractivity contribution in [1.29, 1.82) is 5.26 Å². The van der Waals surface area contributed by atoms with Crippen molar-refractivity contribution in [2.24, 2.45) is 0 Å². The van der Waals surface area contributed by atoms with Gasteiger partial charge in [-0.25, -0.2) is 4.98 Å². The highest BCUT2D eigenvalue weighted by Gasteiger charge is 2.29. The van der Waals surface area contributed by atoms with Gasteiger partial charge in [-0.15, -0.1) is 0 Å². The van der Waals surface area contributed by atoms with Gasteiger partial charge in [0.1, 0.15) is 48.4 Å². The van der Waals surface area contributed by atoms with Crippen LogP contribution in [0.25, 0.3) is 11.1 Å². The zero-order valence-corrected chi connectivity index (χ0v) is 34.5. The Bertz CT molecular complexity index is 2260. The number of benzene rings is 3. The first kappa shape index (κ1) is 41.5. The molecule has 306 valence electrons. The summed E-state index contributed by atoms with van der Waals surface area (Å²) >= 11 is 6.89. The fourth-order valence-electron chi connectivity index (χ4n) is 7.97. The number of hydrogen-bond acceptors (Lipinski definition) is 10. The van der Waals surface area contributed by atoms with Crippen LogP contribution in [-0.4, -0.2) is 82.8 Å². The van der Waals surface area contributed by atoms with Crippen molar-refractivity contribution in [3.63, 3.8) is 0 Å². The molecule has 7 rings (SSSR count). The monoisotopic (exact) mass is 814 g/mol. The number of aliphatic carboxylic acids is 1. The van der Waals surface area contributed by atoms with Gasteiger partial charge in [0.15, 0.2) is 0 Å². The topological polar surface area (TPSA) is 124 Å². The number of aromatic nitrogens is 2. The highest BCUT2D eigenvalue weighted by Crippen LogP contribution is 2.37. The van der Waals surface area contributed by atoms with Gasteiger partial charge in [-0.05, 0) is 97.8 Å². The van der Waals surface area contributed by atoms with Crippen molar-refractivity contribution < 1.29 is 24.1 Å². The summed E-state index contributed by atoms with van der Waals surface area (Å²) in [6, 6.07) is 25.4. The Hall–Kier alpha value is -5.67. The molecule has 4 heterocycles. The predicted octanol–water partition coefficient (Wildman–Crippen LogP) is 8.47. The predicted molar refractivity (Wildman–Crippen MR) is 229 cm³/mol. The maximum Gasteiger partial charge on any atom is 0.320 e. The number of halogens is 1. The Morgan fingerprint density at radius 1 is 0.847 bits per heavy atom. The molecule has 0 unspecified atom stereocenters. The number of rotatable bonds is 16. The first-order valence-electron chi connectivity index (χ1n) is 20.4. The maximum atomic E-state index is 12.1. The van der Waals surface area contributed by atoms with Crippen LogP contribution in [0.4, 0.5) is 5.82 Å². The molecule has 1 atom stereocenters. The number of pyridine rings is 2. The molecular formula is C47H51ClN6O5. The molecule has 0 amide bonds. The lowest BCUT2D eigenvalue weighted by Crippen LogP contribution is -2.47. The van der Waals surface area contributed by atoms with E-state index in [9.17, 15) is 15.2 Å². The molecule has 0 saturated carbocycles. The first-order valence-corrected chi connectivity index (χ1v) is 20.7. The van der Waals surface area contributed by atoms with E-state index in [2.05, 4.69) is 70.0 Å². The molecule has 2 aliphatic rings. The quantitative estimate of drug-likeness (QED) is 0.0965. The van der Waals surface area contributed by atoms with Crippen LogP contribution < -0.4 is 19.1 Å². The summed E-state index contributed by atoms with van der Waals surface area (Å²) in [4.78, 5) is 27.6. The highest BCUT2D eigenvalue weighted by molar-refractivity contribution is 6.32. The third-order valence-electron chi connectivity index (χ3n) is 11.3. The number of piperazine rings is 1. The number of nitriles is 1. The van der Waals surface area contributed by atoms with Crippen molar-refractivity contribution in [3.05, 3.63) is 130 Å². The lowest BCUT2D eigenvalue weighted by molar-refractivity contribution is -0.144. The number of anilines is 1. The SMILES string of the molecule is Cc1c(COc2cc(OCc3cncc(C#N)c3)c(CN3CCCC[C@H]3C(=O)O)cc2Cl)cccc1-c1cccc(OCCCN2CCN(c3ccccn3)CC2)c1C. The number of carboxylic acid groups (broad SMARTS) is 1. The summed E-state index contributed by atoms with van der Waals surface area (Å²) in [5.74, 6) is 2.09. The van der Waals surface area contributed by atoms with Gasteiger partial charge in [-0.3, -0.25) is 19.6 Å². The average Bonchev–Trinajstić information content (AvgIpc) is 3.26. The zero-order valence-electron chi connectivity index (χ0n) is 33.8. The summed E-state index contributed by atoms with van der Waals surface area (Å²) in [5, 5.41) is 19.7. The van der Waals surface area contributed by atoms with Crippen LogP contribution in [0, 0.1) is 25.2 Å². The van der Waals surface area contributed by atoms with Crippen LogP contribution in [0.3, 0.4) is 0 Å². The van der Waals surface area contributed by atoms with Crippen LogP contribution >= 0.6 is 11.6 Å². The number of likely N-dealkylation sites (tertiary alicyclic amines) is 1. The van der Waals surface area contributed by atoms with E-state index < -0.39 is 12.0 Å². The van der Waals surface area contributed by atoms with Crippen LogP contribution in [0.2, 0.25) is 5.02 Å². The van der Waals surface area contributed by atoms with Gasteiger partial charge in [-0.1, -0.05) is 54.4 Å². The molecule has 11 nitrogen and oxygen atoms in total. The minimum absolute atomic E-state index is 0.160. The lowest BCUT2D eigenvalue weighted by atomic mass is 9.93. The molecule has 0 aliphatic carbocycles. The molecule has 0 radical (unpaired) electrons. The molecule has 2 fully saturated rings. The number of piperidine rings is 1. The largest absolute Gasteiger partial charge is 0.493 e. The standard InChI is InChI=1S/C47H51ClN6O5/c1-33-37(10-7-11-39(33)40-12-8-14-43(34(40)2)57-23-9-17-52-19-21-53(22-20-52)46-15-3-5-16-51-46)32-59-45-26-44(58-31-36-24-35(27-49)28-50-29-36)38(25-41(45)48)30-54-18-6-4-13-42(54)47(55)56/h3,5,7-8,10-12,14-16,24-26,28-29,42H,4,6,9,13,17-23,30-32H2,1-2H3,(H,55,56)/t42-/m0/s1. The van der Waals surface area contributed by atoms with Gasteiger partial charge in [0.2, 0.25) is 0 Å². The van der Waals surface area contributed by atoms with Gasteiger partial charge in [0, 0.05) is 75.1 Å². The van der Waals surface area contributed by atoms with Gasteiger partial charge < -0.3 is 24.2 Å². The smallest absolute Gasteiger partial charge is 0.320 e. The van der Waals surface area contributed by atoms with E-state index in [1.54, 1.807) is 18.3 Å². The third-order valence-corrected chi connectivity index (χ3v) is 11.6. The summed E-state index contributed by atoms with van der Waals surface area (Å²) in [6.07, 6.45) is 8.35. The second-order valence-corrected chi connectivity index (χ2v) is 15.6. The molecule has 0 spiro atoms. The van der Waals surface area contributed by atoms with Crippen molar-refractivity contribution in [2.45, 2.75) is 65.3 Å². The molecule has 12 heteroatoms. The summed E-state index contributed by atoms with van der Waals surface area (Å²) in [6.45, 7) is 11.3. The minimum Gasteiger partial charge on any atom is -0.493 e. The Morgan fingerprint density at radius 3 is 2.42 bits per heavy atom. The second kappa shape index (κ2) is 19.9. The molecular weight excluding hydrogens is 764 g/mol. The van der Waals surface area contributed by atoms with Gasteiger partial charge in [-0.2, -0.15) is 5.26 Å². The number of carboxylic acids is 1. The molecule has 1 N–H and O–H groups in total. The molecule has 2 aromatic heterocycles. The number of carbonyl (C=O) groups is 1. The Labute approximate surface area is 351 Å². The van der Waals surface area contributed by atoms with Gasteiger partial charge >= 0.3 is 5.97 Å². The molecule has 2 aliphatic heterocycles. The van der Waals surface area contributed by atoms with Crippen LogP contribution in [0.15, 0.2) is 91.4 Å². The first-order chi connectivity index (χ1) is 28.8. The van der Waals surface area contributed by atoms with Crippen molar-refractivity contribution >= 4 is 23.4 Å². The maximum absolute atomic E-state index is 12.1. The summed E-state index contributed by atoms with van der Waals surface area (Å²) < 4.78 is 19.1. The summed E-state index contributed by atoms with van der Waals surface area (Å²) in [5.41, 5.74) is 7.34. The average molecular weight is 815 g/mol. The fourth-order valence-corrected chi connectivity index (χ4v) is 8.21. The molecule has 59 heavy (non-hydrogen) atoms. The molecule has 3 aromatic carbocycles. The van der Waals surface area contributed by atoms with Crippen LogP contribution in [0.5, 0.6) is 17.2 Å². The fraction of sp³-hybridized carbons (Fsp3) is 0.362. The van der Waals surface area contributed by atoms with Crippen LogP contribution in [-0.2, 0) is 24.6 Å². The van der Waals surface area contributed by atoms with E-state index in [1.165, 1.54) is 6.20 Å². The highest BCUT2D eigenvalue weighted by atomic mass is 35.5. The van der Waals surface area contributed by atoms with Gasteiger partial charge in [0.05, 0.1) is 17.2 Å². The van der Waals surface area contributed by atoms with E-state index in [4.69, 9.17) is 25.8 Å². The number of ether oxygens (including phenoxy) is 3. The van der Waals surface area contributed by atoms with Crippen molar-refractivity contribution in [2.75, 3.05) is 50.8 Å². The van der Waals surface area contributed by atoms with E-state index in [1.807, 2.05) is 41.4 Å². The number of nitrogens with zero attached hydrogens (tertiary/aromatic N) is 6. The Balaban J connectivity index is 1.01. The normalized spacial score (nSPS) is 16.0. The van der Waals surface area contributed by atoms with E-state index >= 15 is 0 Å². The molecule has 2 saturated heterocycles. The zero-order chi connectivity index (χ0) is 41.1. The van der Waals surface area contributed by atoms with E-state index in [0.29, 0.717) is 48.2 Å².